The molecule has 6 heteroatoms. The Hall–Kier alpha value is -3.41. The molecule has 1 aromatic heterocycles. The van der Waals surface area contributed by atoms with E-state index in [1.807, 2.05) is 52.3 Å². The first kappa shape index (κ1) is 18.6. The maximum atomic E-state index is 13.4. The van der Waals surface area contributed by atoms with Crippen molar-refractivity contribution in [1.29, 1.82) is 0 Å². The van der Waals surface area contributed by atoms with Gasteiger partial charge in [0.15, 0.2) is 0 Å². The number of nitrogens with zero attached hydrogens (tertiary/aromatic N) is 3. The number of aromatic amines is 1. The van der Waals surface area contributed by atoms with E-state index < -0.39 is 0 Å². The fourth-order valence-electron chi connectivity index (χ4n) is 5.03. The van der Waals surface area contributed by atoms with Gasteiger partial charge >= 0.3 is 0 Å². The average molecular weight is 400 g/mol. The van der Waals surface area contributed by atoms with Crippen molar-refractivity contribution in [3.8, 4) is 0 Å². The first-order chi connectivity index (χ1) is 14.6. The summed E-state index contributed by atoms with van der Waals surface area (Å²) in [6, 6.07) is 17.7. The molecule has 0 aliphatic carbocycles. The van der Waals surface area contributed by atoms with Gasteiger partial charge in [-0.3, -0.25) is 14.7 Å². The maximum Gasteiger partial charge on any atom is 0.257 e. The van der Waals surface area contributed by atoms with Gasteiger partial charge < -0.3 is 9.80 Å². The summed E-state index contributed by atoms with van der Waals surface area (Å²) in [4.78, 5) is 30.2. The van der Waals surface area contributed by atoms with Crippen molar-refractivity contribution in [3.63, 3.8) is 0 Å². The maximum absolute atomic E-state index is 13.4. The van der Waals surface area contributed by atoms with Crippen molar-refractivity contribution in [2.24, 2.45) is 11.8 Å². The Labute approximate surface area is 175 Å². The van der Waals surface area contributed by atoms with Gasteiger partial charge in [-0.15, -0.1) is 0 Å². The summed E-state index contributed by atoms with van der Waals surface area (Å²) in [6.07, 6.45) is 3.21. The van der Waals surface area contributed by atoms with Gasteiger partial charge in [-0.05, 0) is 30.2 Å². The zero-order valence-electron chi connectivity index (χ0n) is 16.9. The molecule has 0 radical (unpaired) electrons. The van der Waals surface area contributed by atoms with Crippen LogP contribution in [0.3, 0.4) is 0 Å². The number of H-pyrrole nitrogens is 1. The number of benzene rings is 2. The van der Waals surface area contributed by atoms with Crippen LogP contribution < -0.4 is 0 Å². The number of likely N-dealkylation sites (tertiary alicyclic amines) is 2. The molecule has 0 bridgehead atoms. The number of aromatic nitrogens is 2. The van der Waals surface area contributed by atoms with Gasteiger partial charge in [0.05, 0.1) is 17.8 Å². The Kier molecular flexibility index (Phi) is 4.62. The molecule has 3 aromatic rings. The van der Waals surface area contributed by atoms with Crippen LogP contribution in [0.4, 0.5) is 0 Å². The second-order valence-corrected chi connectivity index (χ2v) is 8.25. The van der Waals surface area contributed by atoms with Crippen LogP contribution in [0.25, 0.3) is 0 Å². The third kappa shape index (κ3) is 3.09. The minimum Gasteiger partial charge on any atom is -0.338 e. The molecule has 3 atom stereocenters. The van der Waals surface area contributed by atoms with Gasteiger partial charge in [-0.25, -0.2) is 0 Å². The third-order valence-corrected chi connectivity index (χ3v) is 6.49. The highest BCUT2D eigenvalue weighted by atomic mass is 16.2. The van der Waals surface area contributed by atoms with E-state index in [1.165, 1.54) is 11.1 Å². The van der Waals surface area contributed by atoms with Crippen LogP contribution in [0.5, 0.6) is 0 Å². The number of aryl methyl sites for hydroxylation is 1. The normalized spacial score (nSPS) is 22.9. The average Bonchev–Trinajstić information content (AvgIpc) is 3.50. The minimum absolute atomic E-state index is 0.00243. The number of nitrogens with one attached hydrogen (secondary N) is 1. The fourth-order valence-corrected chi connectivity index (χ4v) is 5.03. The summed E-state index contributed by atoms with van der Waals surface area (Å²) in [5.74, 6) is 0.543. The van der Waals surface area contributed by atoms with Crippen LogP contribution in [0.2, 0.25) is 0 Å². The van der Waals surface area contributed by atoms with Gasteiger partial charge in [-0.2, -0.15) is 5.10 Å². The van der Waals surface area contributed by atoms with Gasteiger partial charge in [0.25, 0.3) is 11.8 Å². The molecule has 2 saturated heterocycles. The van der Waals surface area contributed by atoms with Crippen LogP contribution in [-0.2, 0) is 0 Å². The zero-order chi connectivity index (χ0) is 20.7. The molecule has 2 aliphatic heterocycles. The van der Waals surface area contributed by atoms with E-state index >= 15 is 0 Å². The molecule has 2 fully saturated rings. The molecule has 0 saturated carbocycles. The largest absolute Gasteiger partial charge is 0.338 e. The number of rotatable bonds is 3. The Morgan fingerprint density at radius 2 is 1.70 bits per heavy atom. The first-order valence-corrected chi connectivity index (χ1v) is 10.3. The van der Waals surface area contributed by atoms with Gasteiger partial charge in [-0.1, -0.05) is 42.5 Å². The second kappa shape index (κ2) is 7.44. The molecule has 30 heavy (non-hydrogen) atoms. The number of carbonyl (C=O) groups excluding carboxylic acids is 2. The van der Waals surface area contributed by atoms with E-state index in [4.69, 9.17) is 0 Å². The fraction of sp³-hybridized carbons (Fsp3) is 0.292. The molecule has 5 rings (SSSR count). The number of hydrogen-bond donors (Lipinski definition) is 1. The Bertz CT molecular complexity index is 1060. The Morgan fingerprint density at radius 3 is 2.43 bits per heavy atom. The van der Waals surface area contributed by atoms with Crippen molar-refractivity contribution < 1.29 is 9.59 Å². The SMILES string of the molecule is Cc1ccccc1[C@@H]1[C@H]2CN(C(=O)c3cn[nH]c3)C[C@H]2CN1C(=O)c1ccccc1. The summed E-state index contributed by atoms with van der Waals surface area (Å²) in [5, 5.41) is 6.62. The van der Waals surface area contributed by atoms with Crippen molar-refractivity contribution >= 4 is 11.8 Å². The summed E-state index contributed by atoms with van der Waals surface area (Å²) < 4.78 is 0. The summed E-state index contributed by atoms with van der Waals surface area (Å²) in [7, 11) is 0. The van der Waals surface area contributed by atoms with E-state index in [2.05, 4.69) is 29.3 Å². The van der Waals surface area contributed by atoms with E-state index in [1.54, 1.807) is 12.4 Å². The molecular weight excluding hydrogens is 376 g/mol. The molecule has 2 aromatic carbocycles. The highest BCUT2D eigenvalue weighted by Gasteiger charge is 2.50. The topological polar surface area (TPSA) is 69.3 Å². The molecule has 0 spiro atoms. The minimum atomic E-state index is -0.0361. The van der Waals surface area contributed by atoms with Crippen molar-refractivity contribution in [2.45, 2.75) is 13.0 Å². The Balaban J connectivity index is 1.47. The quantitative estimate of drug-likeness (QED) is 0.733. The van der Waals surface area contributed by atoms with E-state index in [-0.39, 0.29) is 29.7 Å². The third-order valence-electron chi connectivity index (χ3n) is 6.49. The molecule has 2 amide bonds. The van der Waals surface area contributed by atoms with Gasteiger partial charge in [0.1, 0.15) is 0 Å². The van der Waals surface area contributed by atoms with Crippen molar-refractivity contribution in [1.82, 2.24) is 20.0 Å². The van der Waals surface area contributed by atoms with Gasteiger partial charge in [0.2, 0.25) is 0 Å². The van der Waals surface area contributed by atoms with Crippen molar-refractivity contribution in [2.75, 3.05) is 19.6 Å². The number of fused-ring (bicyclic) bond motifs is 1. The lowest BCUT2D eigenvalue weighted by atomic mass is 9.87. The lowest BCUT2D eigenvalue weighted by Crippen LogP contribution is -2.37. The predicted octanol–water partition coefficient (Wildman–Crippen LogP) is 3.30. The molecular formula is C24H24N4O2. The standard InChI is InChI=1S/C24H24N4O2/c1-16-7-5-6-10-20(16)22-21-15-27(23(29)18-11-25-26-12-18)13-19(21)14-28(22)24(30)17-8-3-2-4-9-17/h2-12,19,21-22H,13-15H2,1H3,(H,25,26)/t19-,21-,22+/m0/s1. The number of carbonyl (C=O) groups is 2. The summed E-state index contributed by atoms with van der Waals surface area (Å²) in [5.41, 5.74) is 3.64. The lowest BCUT2D eigenvalue weighted by molar-refractivity contribution is 0.0676. The zero-order valence-corrected chi connectivity index (χ0v) is 16.9. The molecule has 3 heterocycles. The van der Waals surface area contributed by atoms with Crippen LogP contribution in [0.1, 0.15) is 37.9 Å². The smallest absolute Gasteiger partial charge is 0.257 e. The van der Waals surface area contributed by atoms with Crippen LogP contribution in [0.15, 0.2) is 67.0 Å². The Morgan fingerprint density at radius 1 is 0.933 bits per heavy atom. The molecule has 1 N–H and O–H groups in total. The first-order valence-electron chi connectivity index (χ1n) is 10.3. The van der Waals surface area contributed by atoms with Gasteiger partial charge in [0, 0.05) is 43.2 Å². The highest BCUT2D eigenvalue weighted by molar-refractivity contribution is 5.95. The highest BCUT2D eigenvalue weighted by Crippen LogP contribution is 2.46. The number of amides is 2. The summed E-state index contributed by atoms with van der Waals surface area (Å²) in [6.45, 7) is 4.06. The molecule has 2 aliphatic rings. The van der Waals surface area contributed by atoms with Crippen LogP contribution in [0, 0.1) is 18.8 Å². The molecule has 0 unspecified atom stereocenters. The van der Waals surface area contributed by atoms with E-state index in [0.29, 0.717) is 30.8 Å². The van der Waals surface area contributed by atoms with Crippen LogP contribution in [-0.4, -0.2) is 51.4 Å². The second-order valence-electron chi connectivity index (χ2n) is 8.25. The van der Waals surface area contributed by atoms with Crippen molar-refractivity contribution in [3.05, 3.63) is 89.2 Å². The number of hydrogen-bond acceptors (Lipinski definition) is 3. The van der Waals surface area contributed by atoms with E-state index in [9.17, 15) is 9.59 Å². The summed E-state index contributed by atoms with van der Waals surface area (Å²) >= 11 is 0. The monoisotopic (exact) mass is 400 g/mol. The molecule has 152 valence electrons. The predicted molar refractivity (Wildman–Crippen MR) is 113 cm³/mol. The lowest BCUT2D eigenvalue weighted by Gasteiger charge is -2.31. The van der Waals surface area contributed by atoms with Crippen LogP contribution >= 0.6 is 0 Å². The van der Waals surface area contributed by atoms with E-state index in [0.717, 1.165) is 0 Å². The molecule has 6 nitrogen and oxygen atoms in total.